The Balaban J connectivity index is 2.26. The first-order chi connectivity index (χ1) is 8.70. The standard InChI is InChI=1S/C12H11ClN4O/c1-14-10-4-3-8(13)7-9(10)11(18)17-12-15-5-2-6-16-12/h2-7,14H,1H3,(H,15,16,17,18). The highest BCUT2D eigenvalue weighted by molar-refractivity contribution is 6.31. The molecule has 0 unspecified atom stereocenters. The summed E-state index contributed by atoms with van der Waals surface area (Å²) in [5.74, 6) is -0.0578. The van der Waals surface area contributed by atoms with Crippen molar-refractivity contribution in [1.82, 2.24) is 9.97 Å². The van der Waals surface area contributed by atoms with E-state index >= 15 is 0 Å². The monoisotopic (exact) mass is 262 g/mol. The quantitative estimate of drug-likeness (QED) is 0.892. The molecule has 1 aromatic heterocycles. The normalized spacial score (nSPS) is 9.89. The third kappa shape index (κ3) is 2.75. The van der Waals surface area contributed by atoms with Crippen molar-refractivity contribution in [1.29, 1.82) is 0 Å². The van der Waals surface area contributed by atoms with Crippen LogP contribution < -0.4 is 10.6 Å². The van der Waals surface area contributed by atoms with Crippen LogP contribution in [0.1, 0.15) is 10.4 Å². The van der Waals surface area contributed by atoms with Gasteiger partial charge in [-0.15, -0.1) is 0 Å². The Labute approximate surface area is 109 Å². The molecule has 92 valence electrons. The summed E-state index contributed by atoms with van der Waals surface area (Å²) in [5.41, 5.74) is 1.13. The fourth-order valence-electron chi connectivity index (χ4n) is 1.45. The lowest BCUT2D eigenvalue weighted by Crippen LogP contribution is -2.15. The largest absolute Gasteiger partial charge is 0.387 e. The van der Waals surface area contributed by atoms with Gasteiger partial charge in [0, 0.05) is 30.2 Å². The SMILES string of the molecule is CNc1ccc(Cl)cc1C(=O)Nc1ncccn1. The average Bonchev–Trinajstić information content (AvgIpc) is 2.40. The highest BCUT2D eigenvalue weighted by Gasteiger charge is 2.12. The van der Waals surface area contributed by atoms with Crippen molar-refractivity contribution in [2.24, 2.45) is 0 Å². The number of anilines is 2. The lowest BCUT2D eigenvalue weighted by molar-refractivity contribution is 0.102. The number of aromatic nitrogens is 2. The molecule has 18 heavy (non-hydrogen) atoms. The summed E-state index contributed by atoms with van der Waals surface area (Å²) in [6.07, 6.45) is 3.11. The molecular weight excluding hydrogens is 252 g/mol. The Morgan fingerprint density at radius 2 is 2.00 bits per heavy atom. The van der Waals surface area contributed by atoms with Gasteiger partial charge in [0.15, 0.2) is 0 Å². The van der Waals surface area contributed by atoms with Gasteiger partial charge in [-0.25, -0.2) is 9.97 Å². The fourth-order valence-corrected chi connectivity index (χ4v) is 1.63. The van der Waals surface area contributed by atoms with E-state index in [4.69, 9.17) is 11.6 Å². The van der Waals surface area contributed by atoms with Crippen LogP contribution in [-0.2, 0) is 0 Å². The van der Waals surface area contributed by atoms with E-state index in [9.17, 15) is 4.79 Å². The number of halogens is 1. The van der Waals surface area contributed by atoms with Crippen molar-refractivity contribution in [3.63, 3.8) is 0 Å². The topological polar surface area (TPSA) is 66.9 Å². The first kappa shape index (κ1) is 12.3. The predicted molar refractivity (Wildman–Crippen MR) is 71.0 cm³/mol. The zero-order chi connectivity index (χ0) is 13.0. The third-order valence-electron chi connectivity index (χ3n) is 2.29. The maximum Gasteiger partial charge on any atom is 0.260 e. The molecule has 0 radical (unpaired) electrons. The predicted octanol–water partition coefficient (Wildman–Crippen LogP) is 2.42. The zero-order valence-electron chi connectivity index (χ0n) is 9.64. The van der Waals surface area contributed by atoms with Crippen molar-refractivity contribution in [2.45, 2.75) is 0 Å². The van der Waals surface area contributed by atoms with Crippen molar-refractivity contribution in [2.75, 3.05) is 17.7 Å². The summed E-state index contributed by atoms with van der Waals surface area (Å²) in [6.45, 7) is 0. The first-order valence-electron chi connectivity index (χ1n) is 5.26. The number of hydrogen-bond donors (Lipinski definition) is 2. The fraction of sp³-hybridized carbons (Fsp3) is 0.0833. The van der Waals surface area contributed by atoms with Gasteiger partial charge in [-0.1, -0.05) is 11.6 Å². The van der Waals surface area contributed by atoms with Crippen LogP contribution in [0.5, 0.6) is 0 Å². The summed E-state index contributed by atoms with van der Waals surface area (Å²) in [4.78, 5) is 19.9. The highest BCUT2D eigenvalue weighted by atomic mass is 35.5. The number of nitrogens with zero attached hydrogens (tertiary/aromatic N) is 2. The van der Waals surface area contributed by atoms with E-state index in [0.717, 1.165) is 0 Å². The average molecular weight is 263 g/mol. The van der Waals surface area contributed by atoms with Crippen LogP contribution in [0.15, 0.2) is 36.7 Å². The molecule has 0 fully saturated rings. The van der Waals surface area contributed by atoms with E-state index in [1.165, 1.54) is 0 Å². The van der Waals surface area contributed by atoms with Gasteiger partial charge in [0.1, 0.15) is 0 Å². The lowest BCUT2D eigenvalue weighted by atomic mass is 10.1. The van der Waals surface area contributed by atoms with Gasteiger partial charge < -0.3 is 5.32 Å². The minimum Gasteiger partial charge on any atom is -0.387 e. The Bertz CT molecular complexity index is 559. The van der Waals surface area contributed by atoms with Gasteiger partial charge in [-0.2, -0.15) is 0 Å². The Kier molecular flexibility index (Phi) is 3.74. The number of rotatable bonds is 3. The molecule has 0 saturated heterocycles. The molecular formula is C12H11ClN4O. The van der Waals surface area contributed by atoms with E-state index in [2.05, 4.69) is 20.6 Å². The molecule has 0 aliphatic carbocycles. The molecule has 2 N–H and O–H groups in total. The first-order valence-corrected chi connectivity index (χ1v) is 5.64. The number of amides is 1. The van der Waals surface area contributed by atoms with Gasteiger partial charge in [-0.3, -0.25) is 10.1 Å². The summed E-state index contributed by atoms with van der Waals surface area (Å²) in [7, 11) is 1.74. The smallest absolute Gasteiger partial charge is 0.260 e. The van der Waals surface area contributed by atoms with Crippen LogP contribution in [-0.4, -0.2) is 22.9 Å². The summed E-state index contributed by atoms with van der Waals surface area (Å²) in [5, 5.41) is 6.02. The van der Waals surface area contributed by atoms with Crippen molar-refractivity contribution in [3.05, 3.63) is 47.2 Å². The van der Waals surface area contributed by atoms with Crippen LogP contribution in [0.25, 0.3) is 0 Å². The number of nitrogens with one attached hydrogen (secondary N) is 2. The molecule has 1 amide bonds. The molecule has 1 aromatic carbocycles. The Morgan fingerprint density at radius 1 is 1.28 bits per heavy atom. The molecule has 2 rings (SSSR count). The van der Waals surface area contributed by atoms with Crippen LogP contribution in [0.2, 0.25) is 5.02 Å². The lowest BCUT2D eigenvalue weighted by Gasteiger charge is -2.09. The van der Waals surface area contributed by atoms with Crippen molar-refractivity contribution in [3.8, 4) is 0 Å². The van der Waals surface area contributed by atoms with E-state index < -0.39 is 0 Å². The minimum absolute atomic E-state index is 0.254. The summed E-state index contributed by atoms with van der Waals surface area (Å²) in [6, 6.07) is 6.71. The Morgan fingerprint density at radius 3 is 2.67 bits per heavy atom. The maximum atomic E-state index is 12.1. The van der Waals surface area contributed by atoms with Crippen LogP contribution in [0, 0.1) is 0 Å². The van der Waals surface area contributed by atoms with E-state index in [1.807, 2.05) is 0 Å². The molecule has 0 atom stereocenters. The zero-order valence-corrected chi connectivity index (χ0v) is 10.4. The van der Waals surface area contributed by atoms with Gasteiger partial charge >= 0.3 is 0 Å². The Hall–Kier alpha value is -2.14. The van der Waals surface area contributed by atoms with Crippen molar-refractivity contribution < 1.29 is 4.79 Å². The molecule has 5 nitrogen and oxygen atoms in total. The van der Waals surface area contributed by atoms with E-state index in [-0.39, 0.29) is 11.9 Å². The van der Waals surface area contributed by atoms with Crippen LogP contribution >= 0.6 is 11.6 Å². The molecule has 0 spiro atoms. The summed E-state index contributed by atoms with van der Waals surface area (Å²) >= 11 is 5.88. The molecule has 0 aliphatic rings. The molecule has 0 saturated carbocycles. The maximum absolute atomic E-state index is 12.1. The second-order valence-corrected chi connectivity index (χ2v) is 3.90. The number of carbonyl (C=O) groups excluding carboxylic acids is 1. The second-order valence-electron chi connectivity index (χ2n) is 3.47. The summed E-state index contributed by atoms with van der Waals surface area (Å²) < 4.78 is 0. The molecule has 6 heteroatoms. The van der Waals surface area contributed by atoms with Gasteiger partial charge in [-0.05, 0) is 24.3 Å². The molecule has 0 aliphatic heterocycles. The second kappa shape index (κ2) is 5.46. The van der Waals surface area contributed by atoms with E-state index in [1.54, 1.807) is 43.7 Å². The number of benzene rings is 1. The van der Waals surface area contributed by atoms with Gasteiger partial charge in [0.05, 0.1) is 5.56 Å². The van der Waals surface area contributed by atoms with Crippen LogP contribution in [0.4, 0.5) is 11.6 Å². The minimum atomic E-state index is -0.312. The molecule has 0 bridgehead atoms. The van der Waals surface area contributed by atoms with Crippen LogP contribution in [0.3, 0.4) is 0 Å². The molecule has 2 aromatic rings. The number of carbonyl (C=O) groups is 1. The van der Waals surface area contributed by atoms with Gasteiger partial charge in [0.25, 0.3) is 5.91 Å². The number of hydrogen-bond acceptors (Lipinski definition) is 4. The van der Waals surface area contributed by atoms with E-state index in [0.29, 0.717) is 16.3 Å². The highest BCUT2D eigenvalue weighted by Crippen LogP contribution is 2.20. The van der Waals surface area contributed by atoms with Gasteiger partial charge in [0.2, 0.25) is 5.95 Å². The third-order valence-corrected chi connectivity index (χ3v) is 2.52. The van der Waals surface area contributed by atoms with Crippen molar-refractivity contribution >= 4 is 29.1 Å². The molecule has 1 heterocycles.